The number of nitrogens with zero attached hydrogens (tertiary/aromatic N) is 1. The van der Waals surface area contributed by atoms with E-state index in [0.29, 0.717) is 17.6 Å². The molecule has 6 fully saturated rings. The summed E-state index contributed by atoms with van der Waals surface area (Å²) in [5.41, 5.74) is 2.51. The number of thiocarbonyl (C=S) groups is 1. The summed E-state index contributed by atoms with van der Waals surface area (Å²) in [7, 11) is 0. The molecule has 3 N–H and O–H groups in total. The Morgan fingerprint density at radius 1 is 0.969 bits per heavy atom. The van der Waals surface area contributed by atoms with E-state index in [0.717, 1.165) is 37.1 Å². The van der Waals surface area contributed by atoms with Gasteiger partial charge in [0.15, 0.2) is 5.11 Å². The van der Waals surface area contributed by atoms with Crippen molar-refractivity contribution in [1.82, 2.24) is 21.0 Å². The Labute approximate surface area is 196 Å². The van der Waals surface area contributed by atoms with Gasteiger partial charge in [0, 0.05) is 31.1 Å². The van der Waals surface area contributed by atoms with Crippen LogP contribution in [0.4, 0.5) is 4.79 Å². The molecule has 0 aromatic carbocycles. The Morgan fingerprint density at radius 3 is 2.34 bits per heavy atom. The first kappa shape index (κ1) is 22.2. The molecule has 2 unspecified atom stereocenters. The molecule has 2 amide bonds. The number of amides is 2. The highest BCUT2D eigenvalue weighted by atomic mass is 32.1. The van der Waals surface area contributed by atoms with Crippen LogP contribution in [-0.2, 0) is 9.63 Å². The summed E-state index contributed by atoms with van der Waals surface area (Å²) in [6.07, 6.45) is 14.6. The number of piperidine rings is 1. The summed E-state index contributed by atoms with van der Waals surface area (Å²) in [6, 6.07) is 0.275. The molecule has 5 aliphatic carbocycles. The summed E-state index contributed by atoms with van der Waals surface area (Å²) in [4.78, 5) is 31.7. The Kier molecular flexibility index (Phi) is 6.50. The highest BCUT2D eigenvalue weighted by molar-refractivity contribution is 7.80. The van der Waals surface area contributed by atoms with Crippen LogP contribution in [0.3, 0.4) is 0 Å². The second-order valence-corrected chi connectivity index (χ2v) is 11.6. The minimum Gasteiger partial charge on any atom is -0.362 e. The molecule has 1 saturated heterocycles. The molecule has 0 aromatic rings. The maximum atomic E-state index is 12.5. The molecule has 0 radical (unpaired) electrons. The normalized spacial score (nSPS) is 37.4. The standard InChI is InChI=1S/C24H38N4O3S/c29-21(27-31-23(30)28-9-3-5-19-4-1-2-6-20(19)28)7-8-25-22(32)26-24-13-16-10-17(14-24)12-18(11-16)15-24/h16-20H,1-15H2,(H,27,29)(H2,25,26,32). The van der Waals surface area contributed by atoms with Crippen molar-refractivity contribution in [2.75, 3.05) is 13.1 Å². The number of fused-ring (bicyclic) bond motifs is 1. The lowest BCUT2D eigenvalue weighted by Crippen LogP contribution is -2.61. The zero-order chi connectivity index (χ0) is 22.1. The van der Waals surface area contributed by atoms with Gasteiger partial charge in [-0.1, -0.05) is 12.8 Å². The Morgan fingerprint density at radius 2 is 1.62 bits per heavy atom. The van der Waals surface area contributed by atoms with Crippen LogP contribution in [0.25, 0.3) is 0 Å². The lowest BCUT2D eigenvalue weighted by atomic mass is 9.53. The van der Waals surface area contributed by atoms with E-state index in [1.54, 1.807) is 0 Å². The Balaban J connectivity index is 1.01. The van der Waals surface area contributed by atoms with Gasteiger partial charge in [-0.05, 0) is 100 Å². The summed E-state index contributed by atoms with van der Waals surface area (Å²) in [5, 5.41) is 7.45. The van der Waals surface area contributed by atoms with Crippen molar-refractivity contribution < 1.29 is 14.4 Å². The molecule has 7 nitrogen and oxygen atoms in total. The van der Waals surface area contributed by atoms with Gasteiger partial charge >= 0.3 is 6.09 Å². The molecule has 6 aliphatic rings. The van der Waals surface area contributed by atoms with Crippen LogP contribution in [0.5, 0.6) is 0 Å². The van der Waals surface area contributed by atoms with Crippen molar-refractivity contribution in [3.05, 3.63) is 0 Å². The van der Waals surface area contributed by atoms with Gasteiger partial charge in [0.1, 0.15) is 0 Å². The molecular formula is C24H38N4O3S. The van der Waals surface area contributed by atoms with Crippen molar-refractivity contribution in [1.29, 1.82) is 0 Å². The molecule has 0 spiro atoms. The largest absolute Gasteiger partial charge is 0.434 e. The van der Waals surface area contributed by atoms with Gasteiger partial charge in [-0.25, -0.2) is 4.79 Å². The highest BCUT2D eigenvalue weighted by Crippen LogP contribution is 2.55. The Hall–Kier alpha value is -1.57. The van der Waals surface area contributed by atoms with Crippen molar-refractivity contribution in [2.45, 2.75) is 95.1 Å². The molecular weight excluding hydrogens is 424 g/mol. The highest BCUT2D eigenvalue weighted by Gasteiger charge is 2.51. The third-order valence-electron chi connectivity index (χ3n) is 8.78. The molecule has 6 rings (SSSR count). The fourth-order valence-corrected chi connectivity index (χ4v) is 8.22. The number of nitrogens with one attached hydrogen (secondary N) is 3. The lowest BCUT2D eigenvalue weighted by Gasteiger charge is -2.57. The van der Waals surface area contributed by atoms with Gasteiger partial charge < -0.3 is 20.4 Å². The molecule has 32 heavy (non-hydrogen) atoms. The average molecular weight is 463 g/mol. The third kappa shape index (κ3) is 4.85. The fraction of sp³-hybridized carbons (Fsp3) is 0.875. The number of carbonyl (C=O) groups is 2. The van der Waals surface area contributed by atoms with Crippen LogP contribution in [0.15, 0.2) is 0 Å². The van der Waals surface area contributed by atoms with E-state index >= 15 is 0 Å². The molecule has 2 atom stereocenters. The molecule has 1 aliphatic heterocycles. The van der Waals surface area contributed by atoms with E-state index in [1.165, 1.54) is 64.2 Å². The number of hydrogen-bond donors (Lipinski definition) is 3. The van der Waals surface area contributed by atoms with E-state index in [-0.39, 0.29) is 23.9 Å². The molecule has 8 heteroatoms. The predicted octanol–water partition coefficient (Wildman–Crippen LogP) is 3.63. The van der Waals surface area contributed by atoms with Gasteiger partial charge in [-0.2, -0.15) is 5.48 Å². The number of likely N-dealkylation sites (tertiary alicyclic amines) is 1. The average Bonchev–Trinajstić information content (AvgIpc) is 2.75. The fourth-order valence-electron chi connectivity index (χ4n) is 7.90. The quantitative estimate of drug-likeness (QED) is 0.437. The van der Waals surface area contributed by atoms with Crippen molar-refractivity contribution in [2.24, 2.45) is 23.7 Å². The van der Waals surface area contributed by atoms with E-state index in [4.69, 9.17) is 17.1 Å². The third-order valence-corrected chi connectivity index (χ3v) is 9.03. The zero-order valence-corrected chi connectivity index (χ0v) is 19.9. The molecule has 1 heterocycles. The number of carbonyl (C=O) groups excluding carboxylic acids is 2. The summed E-state index contributed by atoms with van der Waals surface area (Å²) >= 11 is 5.54. The minimum atomic E-state index is -0.415. The first-order chi connectivity index (χ1) is 15.5. The monoisotopic (exact) mass is 462 g/mol. The first-order valence-electron chi connectivity index (χ1n) is 12.8. The zero-order valence-electron chi connectivity index (χ0n) is 19.1. The molecule has 0 aromatic heterocycles. The SMILES string of the molecule is O=C(CCNC(=S)NC12CC3CC(CC(C3)C1)C2)NOC(=O)N1CCCC2CCCCC21. The summed E-state index contributed by atoms with van der Waals surface area (Å²) in [5.74, 6) is 2.87. The van der Waals surface area contributed by atoms with Crippen LogP contribution in [0.2, 0.25) is 0 Å². The second kappa shape index (κ2) is 9.35. The van der Waals surface area contributed by atoms with Gasteiger partial charge in [0.2, 0.25) is 0 Å². The lowest BCUT2D eigenvalue weighted by molar-refractivity contribution is -0.130. The van der Waals surface area contributed by atoms with E-state index in [9.17, 15) is 9.59 Å². The first-order valence-corrected chi connectivity index (χ1v) is 13.2. The van der Waals surface area contributed by atoms with E-state index in [2.05, 4.69) is 16.1 Å². The predicted molar refractivity (Wildman–Crippen MR) is 126 cm³/mol. The van der Waals surface area contributed by atoms with Crippen LogP contribution in [0, 0.1) is 23.7 Å². The van der Waals surface area contributed by atoms with Crippen LogP contribution < -0.4 is 16.1 Å². The second-order valence-electron chi connectivity index (χ2n) is 11.2. The maximum Gasteiger partial charge on any atom is 0.434 e. The van der Waals surface area contributed by atoms with Gasteiger partial charge in [0.25, 0.3) is 5.91 Å². The van der Waals surface area contributed by atoms with E-state index < -0.39 is 6.09 Å². The van der Waals surface area contributed by atoms with Crippen molar-refractivity contribution >= 4 is 29.3 Å². The van der Waals surface area contributed by atoms with Crippen molar-refractivity contribution in [3.8, 4) is 0 Å². The van der Waals surface area contributed by atoms with Gasteiger partial charge in [-0.15, -0.1) is 0 Å². The van der Waals surface area contributed by atoms with Crippen LogP contribution >= 0.6 is 12.2 Å². The molecule has 5 saturated carbocycles. The van der Waals surface area contributed by atoms with Crippen LogP contribution in [0.1, 0.15) is 83.5 Å². The Bertz CT molecular complexity index is 707. The van der Waals surface area contributed by atoms with Crippen LogP contribution in [-0.4, -0.2) is 46.7 Å². The van der Waals surface area contributed by atoms with Crippen molar-refractivity contribution in [3.63, 3.8) is 0 Å². The van der Waals surface area contributed by atoms with E-state index in [1.807, 2.05) is 4.90 Å². The maximum absolute atomic E-state index is 12.5. The minimum absolute atomic E-state index is 0.169. The molecule has 178 valence electrons. The topological polar surface area (TPSA) is 82.7 Å². The number of rotatable bonds is 4. The summed E-state index contributed by atoms with van der Waals surface area (Å²) in [6.45, 7) is 1.15. The molecule has 4 bridgehead atoms. The number of hydrogen-bond acceptors (Lipinski definition) is 4. The number of hydroxylamine groups is 1. The smallest absolute Gasteiger partial charge is 0.362 e. The summed E-state index contributed by atoms with van der Waals surface area (Å²) < 4.78 is 0. The van der Waals surface area contributed by atoms with Gasteiger partial charge in [0.05, 0.1) is 0 Å². The van der Waals surface area contributed by atoms with Gasteiger partial charge in [-0.3, -0.25) is 4.79 Å².